The zero-order chi connectivity index (χ0) is 24.7. The Morgan fingerprint density at radius 2 is 1.91 bits per heavy atom. The van der Waals surface area contributed by atoms with Crippen molar-refractivity contribution in [3.8, 4) is 5.69 Å². The molecule has 0 aliphatic carbocycles. The fraction of sp³-hybridized carbons (Fsp3) is 0.273. The molecule has 0 atom stereocenters. The van der Waals surface area contributed by atoms with E-state index in [9.17, 15) is 18.0 Å². The van der Waals surface area contributed by atoms with Crippen molar-refractivity contribution in [2.45, 2.75) is 32.7 Å². The van der Waals surface area contributed by atoms with Crippen LogP contribution in [-0.2, 0) is 22.0 Å². The van der Waals surface area contributed by atoms with Crippen molar-refractivity contribution < 1.29 is 8.42 Å². The first-order chi connectivity index (χ1) is 15.9. The van der Waals surface area contributed by atoms with Gasteiger partial charge in [0.05, 0.1) is 22.5 Å². The van der Waals surface area contributed by atoms with Gasteiger partial charge < -0.3 is 5.32 Å². The zero-order valence-corrected chi connectivity index (χ0v) is 20.7. The van der Waals surface area contributed by atoms with Crippen molar-refractivity contribution in [2.24, 2.45) is 0 Å². The van der Waals surface area contributed by atoms with Gasteiger partial charge in [-0.3, -0.25) is 14.3 Å². The maximum atomic E-state index is 12.5. The van der Waals surface area contributed by atoms with Gasteiger partial charge in [0.2, 0.25) is 10.0 Å². The molecular formula is C22H24N6O4S2. The summed E-state index contributed by atoms with van der Waals surface area (Å²) in [5.74, 6) is 0.541. The van der Waals surface area contributed by atoms with E-state index in [0.717, 1.165) is 27.9 Å². The highest BCUT2D eigenvalue weighted by Gasteiger charge is 2.21. The molecule has 0 unspecified atom stereocenters. The molecule has 178 valence electrons. The molecule has 0 radical (unpaired) electrons. The average Bonchev–Trinajstić information content (AvgIpc) is 3.18. The molecule has 3 heterocycles. The first-order valence-electron chi connectivity index (χ1n) is 10.3. The van der Waals surface area contributed by atoms with Crippen molar-refractivity contribution in [2.75, 3.05) is 11.6 Å². The fourth-order valence-corrected chi connectivity index (χ4v) is 4.68. The number of hydrogen-bond donors (Lipinski definition) is 3. The minimum absolute atomic E-state index is 0.189. The first-order valence-corrected chi connectivity index (χ1v) is 13.1. The van der Waals surface area contributed by atoms with Crippen LogP contribution < -0.4 is 21.3 Å². The van der Waals surface area contributed by atoms with Crippen molar-refractivity contribution in [3.05, 3.63) is 74.1 Å². The van der Waals surface area contributed by atoms with Crippen molar-refractivity contribution in [1.82, 2.24) is 24.2 Å². The molecule has 0 aliphatic rings. The Morgan fingerprint density at radius 3 is 2.59 bits per heavy atom. The molecule has 4 aromatic rings. The molecular weight excluding hydrogens is 476 g/mol. The molecule has 3 N–H and O–H groups in total. The molecule has 0 saturated heterocycles. The topological polar surface area (TPSA) is 139 Å². The number of anilines is 2. The van der Waals surface area contributed by atoms with E-state index in [1.807, 2.05) is 17.5 Å². The smallest absolute Gasteiger partial charge is 0.331 e. The van der Waals surface area contributed by atoms with E-state index >= 15 is 0 Å². The lowest BCUT2D eigenvalue weighted by atomic mass is 9.85. The van der Waals surface area contributed by atoms with Crippen LogP contribution in [0, 0.1) is 0 Å². The minimum atomic E-state index is -3.29. The molecule has 34 heavy (non-hydrogen) atoms. The summed E-state index contributed by atoms with van der Waals surface area (Å²) in [6.45, 7) is 6.35. The van der Waals surface area contributed by atoms with E-state index < -0.39 is 21.3 Å². The number of nitrogens with zero attached hydrogens (tertiary/aromatic N) is 3. The summed E-state index contributed by atoms with van der Waals surface area (Å²) in [5.41, 5.74) is 1.73. The average molecular weight is 501 g/mol. The summed E-state index contributed by atoms with van der Waals surface area (Å²) >= 11 is 1.42. The van der Waals surface area contributed by atoms with Gasteiger partial charge in [0.25, 0.3) is 5.56 Å². The SMILES string of the molecule is CC(C)(C)c1cc(-n2ccc(=O)[nH]c2=O)cc2c(Nc3cc(CNS(C)(=O)=O)cs3)ncnc12. The van der Waals surface area contributed by atoms with Crippen LogP contribution in [0.25, 0.3) is 16.6 Å². The molecule has 10 nitrogen and oxygen atoms in total. The maximum absolute atomic E-state index is 12.5. The second-order valence-electron chi connectivity index (χ2n) is 8.88. The van der Waals surface area contributed by atoms with Crippen LogP contribution in [0.5, 0.6) is 0 Å². The summed E-state index contributed by atoms with van der Waals surface area (Å²) in [7, 11) is -3.29. The van der Waals surface area contributed by atoms with E-state index in [4.69, 9.17) is 0 Å². The van der Waals surface area contributed by atoms with Gasteiger partial charge in [-0.2, -0.15) is 0 Å². The summed E-state index contributed by atoms with van der Waals surface area (Å²) in [6.07, 6.45) is 4.03. The lowest BCUT2D eigenvalue weighted by molar-refractivity contribution is 0.587. The highest BCUT2D eigenvalue weighted by atomic mass is 32.2. The number of benzene rings is 1. The molecule has 0 spiro atoms. The van der Waals surface area contributed by atoms with Gasteiger partial charge in [-0.25, -0.2) is 27.9 Å². The molecule has 0 bridgehead atoms. The zero-order valence-electron chi connectivity index (χ0n) is 19.0. The number of H-pyrrole nitrogens is 1. The van der Waals surface area contributed by atoms with Gasteiger partial charge in [0.1, 0.15) is 12.1 Å². The summed E-state index contributed by atoms with van der Waals surface area (Å²) in [5, 5.41) is 6.62. The molecule has 3 aromatic heterocycles. The van der Waals surface area contributed by atoms with Crippen molar-refractivity contribution in [3.63, 3.8) is 0 Å². The standard InChI is InChI=1S/C22H24N6O4S2/c1-22(2,3)16-9-14(28-6-5-17(29)26-21(28)30)8-15-19(16)23-12-24-20(15)27-18-7-13(11-33-18)10-25-34(4,31)32/h5-9,11-12,25H,10H2,1-4H3,(H,23,24,27)(H,26,29,30). The Balaban J connectivity index is 1.82. The largest absolute Gasteiger partial charge is 0.332 e. The van der Waals surface area contributed by atoms with E-state index in [-0.39, 0.29) is 12.0 Å². The van der Waals surface area contributed by atoms with Crippen LogP contribution in [0.4, 0.5) is 10.8 Å². The second kappa shape index (κ2) is 8.78. The third-order valence-corrected chi connectivity index (χ3v) is 6.63. The van der Waals surface area contributed by atoms with Gasteiger partial charge in [-0.1, -0.05) is 20.8 Å². The van der Waals surface area contributed by atoms with Crippen molar-refractivity contribution >= 4 is 43.1 Å². The van der Waals surface area contributed by atoms with E-state index in [1.165, 1.54) is 34.5 Å². The van der Waals surface area contributed by atoms with Gasteiger partial charge >= 0.3 is 5.69 Å². The Labute approximate surface area is 199 Å². The summed E-state index contributed by atoms with van der Waals surface area (Å²) in [4.78, 5) is 35.2. The van der Waals surface area contributed by atoms with Crippen LogP contribution in [-0.4, -0.2) is 34.2 Å². The molecule has 0 amide bonds. The van der Waals surface area contributed by atoms with Gasteiger partial charge in [-0.15, -0.1) is 11.3 Å². The number of nitrogens with one attached hydrogen (secondary N) is 3. The van der Waals surface area contributed by atoms with Crippen LogP contribution in [0.15, 0.2) is 51.8 Å². The van der Waals surface area contributed by atoms with Crippen LogP contribution in [0.1, 0.15) is 31.9 Å². The third-order valence-electron chi connectivity index (χ3n) is 5.07. The summed E-state index contributed by atoms with van der Waals surface area (Å²) < 4.78 is 26.6. The van der Waals surface area contributed by atoms with Crippen LogP contribution >= 0.6 is 11.3 Å². The second-order valence-corrected chi connectivity index (χ2v) is 11.6. The van der Waals surface area contributed by atoms with Gasteiger partial charge in [0, 0.05) is 24.2 Å². The molecule has 1 aromatic carbocycles. The number of rotatable bonds is 6. The highest BCUT2D eigenvalue weighted by molar-refractivity contribution is 7.88. The minimum Gasteiger partial charge on any atom is -0.331 e. The maximum Gasteiger partial charge on any atom is 0.332 e. The number of hydrogen-bond acceptors (Lipinski definition) is 8. The van der Waals surface area contributed by atoms with E-state index in [1.54, 1.807) is 6.07 Å². The number of aromatic nitrogens is 4. The normalized spacial score (nSPS) is 12.2. The molecule has 0 saturated carbocycles. The van der Waals surface area contributed by atoms with Crippen molar-refractivity contribution in [1.29, 1.82) is 0 Å². The van der Waals surface area contributed by atoms with Gasteiger partial charge in [-0.05, 0) is 40.1 Å². The number of sulfonamides is 1. The Morgan fingerprint density at radius 1 is 1.15 bits per heavy atom. The Bertz CT molecular complexity index is 1600. The number of fused-ring (bicyclic) bond motifs is 1. The highest BCUT2D eigenvalue weighted by Crippen LogP contribution is 2.35. The van der Waals surface area contributed by atoms with Gasteiger partial charge in [0.15, 0.2) is 0 Å². The van der Waals surface area contributed by atoms with Crippen LogP contribution in [0.2, 0.25) is 0 Å². The summed E-state index contributed by atoms with van der Waals surface area (Å²) in [6, 6.07) is 6.82. The first kappa shape index (κ1) is 23.8. The van der Waals surface area contributed by atoms with Crippen LogP contribution in [0.3, 0.4) is 0 Å². The quantitative estimate of drug-likeness (QED) is 0.370. The number of aromatic amines is 1. The predicted octanol–water partition coefficient (Wildman–Crippen LogP) is 2.62. The molecule has 12 heteroatoms. The third kappa shape index (κ3) is 5.24. The Kier molecular flexibility index (Phi) is 6.14. The Hall–Kier alpha value is -3.35. The molecule has 4 rings (SSSR count). The number of thiophene rings is 1. The predicted molar refractivity (Wildman–Crippen MR) is 134 cm³/mol. The lowest BCUT2D eigenvalue weighted by Gasteiger charge is -2.23. The lowest BCUT2D eigenvalue weighted by Crippen LogP contribution is -2.27. The van der Waals surface area contributed by atoms with E-state index in [2.05, 4.69) is 45.8 Å². The monoisotopic (exact) mass is 500 g/mol. The fourth-order valence-electron chi connectivity index (χ4n) is 3.45. The molecule has 0 aliphatic heterocycles. The van der Waals surface area contributed by atoms with E-state index in [0.29, 0.717) is 16.9 Å². The molecule has 0 fully saturated rings.